The molecule has 0 fully saturated rings. The van der Waals surface area contributed by atoms with Crippen LogP contribution in [-0.4, -0.2) is 24.9 Å². The summed E-state index contributed by atoms with van der Waals surface area (Å²) < 4.78 is 0. The molecular weight excluding hydrogens is 244 g/mol. The Kier molecular flexibility index (Phi) is 4.74. The van der Waals surface area contributed by atoms with Crippen LogP contribution in [0.15, 0.2) is 18.2 Å². The van der Waals surface area contributed by atoms with E-state index in [2.05, 4.69) is 10.6 Å². The van der Waals surface area contributed by atoms with Gasteiger partial charge in [-0.2, -0.15) is 0 Å². The summed E-state index contributed by atoms with van der Waals surface area (Å²) in [4.78, 5) is 22.8. The molecule has 0 aromatic heterocycles. The topological polar surface area (TPSA) is 110 Å². The number of primary amides is 1. The minimum Gasteiger partial charge on any atom is -0.397 e. The second kappa shape index (κ2) is 6.08. The van der Waals surface area contributed by atoms with E-state index in [4.69, 9.17) is 11.5 Å². The van der Waals surface area contributed by atoms with Crippen molar-refractivity contribution in [1.82, 2.24) is 5.32 Å². The smallest absolute Gasteiger partial charge is 0.251 e. The van der Waals surface area contributed by atoms with Crippen LogP contribution in [0.3, 0.4) is 0 Å². The van der Waals surface area contributed by atoms with Crippen LogP contribution in [0.5, 0.6) is 0 Å². The van der Waals surface area contributed by atoms with Gasteiger partial charge in [-0.25, -0.2) is 0 Å². The summed E-state index contributed by atoms with van der Waals surface area (Å²) in [5, 5.41) is 5.52. The first-order valence-corrected chi connectivity index (χ1v) is 6.04. The number of hydrogen-bond donors (Lipinski definition) is 4. The Balaban J connectivity index is 2.97. The Morgan fingerprint density at radius 2 is 1.89 bits per heavy atom. The van der Waals surface area contributed by atoms with Crippen molar-refractivity contribution in [1.29, 1.82) is 0 Å². The minimum absolute atomic E-state index is 0.0375. The summed E-state index contributed by atoms with van der Waals surface area (Å²) in [5.41, 5.74) is 12.6. The zero-order valence-electron chi connectivity index (χ0n) is 11.4. The van der Waals surface area contributed by atoms with Crippen molar-refractivity contribution in [2.45, 2.75) is 19.9 Å². The molecule has 0 aliphatic carbocycles. The molecule has 1 rings (SSSR count). The monoisotopic (exact) mass is 264 g/mol. The lowest BCUT2D eigenvalue weighted by Gasteiger charge is -2.21. The number of anilines is 2. The number of hydrogen-bond acceptors (Lipinski definition) is 4. The number of rotatable bonds is 5. The first-order chi connectivity index (χ1) is 8.86. The van der Waals surface area contributed by atoms with E-state index in [1.807, 2.05) is 13.8 Å². The molecule has 1 aromatic rings. The molecule has 0 saturated carbocycles. The molecule has 0 aliphatic heterocycles. The summed E-state index contributed by atoms with van der Waals surface area (Å²) >= 11 is 0. The van der Waals surface area contributed by atoms with Crippen LogP contribution in [0.25, 0.3) is 0 Å². The number of amides is 2. The molecule has 6 N–H and O–H groups in total. The van der Waals surface area contributed by atoms with E-state index in [0.29, 0.717) is 16.9 Å². The van der Waals surface area contributed by atoms with Crippen LogP contribution in [-0.2, 0) is 4.79 Å². The summed E-state index contributed by atoms with van der Waals surface area (Å²) in [6.45, 7) is 3.77. The highest BCUT2D eigenvalue weighted by Gasteiger charge is 2.20. The van der Waals surface area contributed by atoms with Gasteiger partial charge in [0.2, 0.25) is 5.91 Å². The van der Waals surface area contributed by atoms with E-state index < -0.39 is 11.9 Å². The largest absolute Gasteiger partial charge is 0.397 e. The van der Waals surface area contributed by atoms with Gasteiger partial charge in [-0.1, -0.05) is 13.8 Å². The molecular formula is C13H20N4O2. The molecule has 19 heavy (non-hydrogen) atoms. The SMILES string of the molecule is CNC(=O)c1ccc(NC(C(N)=O)C(C)C)c(N)c1. The van der Waals surface area contributed by atoms with Crippen molar-refractivity contribution in [2.75, 3.05) is 18.1 Å². The molecule has 2 amide bonds. The average molecular weight is 264 g/mol. The van der Waals surface area contributed by atoms with Crippen LogP contribution in [0.2, 0.25) is 0 Å². The lowest BCUT2D eigenvalue weighted by Crippen LogP contribution is -2.39. The van der Waals surface area contributed by atoms with Gasteiger partial charge in [-0.3, -0.25) is 9.59 Å². The van der Waals surface area contributed by atoms with Crippen molar-refractivity contribution in [3.8, 4) is 0 Å². The van der Waals surface area contributed by atoms with Crippen molar-refractivity contribution in [3.63, 3.8) is 0 Å². The standard InChI is InChI=1S/C13H20N4O2/c1-7(2)11(12(15)18)17-10-5-4-8(6-9(10)14)13(19)16-3/h4-7,11,17H,14H2,1-3H3,(H2,15,18)(H,16,19). The Labute approximate surface area is 112 Å². The molecule has 1 unspecified atom stereocenters. The second-order valence-electron chi connectivity index (χ2n) is 4.65. The van der Waals surface area contributed by atoms with Gasteiger partial charge in [0.05, 0.1) is 11.4 Å². The molecule has 0 saturated heterocycles. The van der Waals surface area contributed by atoms with Gasteiger partial charge in [0.1, 0.15) is 6.04 Å². The van der Waals surface area contributed by atoms with Crippen molar-refractivity contribution in [2.24, 2.45) is 11.7 Å². The third-order valence-corrected chi connectivity index (χ3v) is 2.83. The zero-order valence-corrected chi connectivity index (χ0v) is 11.4. The Bertz CT molecular complexity index is 486. The van der Waals surface area contributed by atoms with E-state index in [1.54, 1.807) is 25.2 Å². The molecule has 0 aliphatic rings. The quantitative estimate of drug-likeness (QED) is 0.582. The van der Waals surface area contributed by atoms with Gasteiger partial charge in [-0.15, -0.1) is 0 Å². The van der Waals surface area contributed by atoms with E-state index in [0.717, 1.165) is 0 Å². The van der Waals surface area contributed by atoms with Gasteiger partial charge in [0, 0.05) is 12.6 Å². The highest BCUT2D eigenvalue weighted by atomic mass is 16.2. The predicted octanol–water partition coefficient (Wildman–Crippen LogP) is 0.550. The van der Waals surface area contributed by atoms with Crippen LogP contribution >= 0.6 is 0 Å². The average Bonchev–Trinajstić information content (AvgIpc) is 2.35. The molecule has 0 heterocycles. The van der Waals surface area contributed by atoms with Crippen LogP contribution in [0.1, 0.15) is 24.2 Å². The fourth-order valence-electron chi connectivity index (χ4n) is 1.71. The summed E-state index contributed by atoms with van der Waals surface area (Å²) in [7, 11) is 1.55. The fraction of sp³-hybridized carbons (Fsp3) is 0.385. The van der Waals surface area contributed by atoms with Gasteiger partial charge in [0.25, 0.3) is 5.91 Å². The predicted molar refractivity (Wildman–Crippen MR) is 75.7 cm³/mol. The Morgan fingerprint density at radius 1 is 1.26 bits per heavy atom. The van der Waals surface area contributed by atoms with Crippen molar-refractivity contribution >= 4 is 23.2 Å². The first kappa shape index (κ1) is 14.8. The van der Waals surface area contributed by atoms with Crippen LogP contribution in [0, 0.1) is 5.92 Å². The number of nitrogens with two attached hydrogens (primary N) is 2. The highest BCUT2D eigenvalue weighted by Crippen LogP contribution is 2.22. The normalized spacial score (nSPS) is 12.0. The highest BCUT2D eigenvalue weighted by molar-refractivity contribution is 5.96. The molecule has 1 atom stereocenters. The van der Waals surface area contributed by atoms with E-state index in [9.17, 15) is 9.59 Å². The number of benzene rings is 1. The molecule has 6 nitrogen and oxygen atoms in total. The third-order valence-electron chi connectivity index (χ3n) is 2.83. The fourth-order valence-corrected chi connectivity index (χ4v) is 1.71. The maximum Gasteiger partial charge on any atom is 0.251 e. The summed E-state index contributed by atoms with van der Waals surface area (Å²) in [5.74, 6) is -0.617. The Morgan fingerprint density at radius 3 is 2.32 bits per heavy atom. The molecule has 0 radical (unpaired) electrons. The van der Waals surface area contributed by atoms with Crippen molar-refractivity contribution < 1.29 is 9.59 Å². The van der Waals surface area contributed by atoms with Gasteiger partial charge in [0.15, 0.2) is 0 Å². The zero-order chi connectivity index (χ0) is 14.6. The van der Waals surface area contributed by atoms with E-state index in [1.165, 1.54) is 0 Å². The number of nitrogens with one attached hydrogen (secondary N) is 2. The lowest BCUT2D eigenvalue weighted by atomic mass is 10.0. The number of carbonyl (C=O) groups is 2. The molecule has 0 bridgehead atoms. The van der Waals surface area contributed by atoms with Gasteiger partial charge < -0.3 is 22.1 Å². The molecule has 104 valence electrons. The van der Waals surface area contributed by atoms with Crippen molar-refractivity contribution in [3.05, 3.63) is 23.8 Å². The number of carbonyl (C=O) groups excluding carboxylic acids is 2. The van der Waals surface area contributed by atoms with E-state index in [-0.39, 0.29) is 11.8 Å². The number of nitrogen functional groups attached to an aromatic ring is 1. The lowest BCUT2D eigenvalue weighted by molar-refractivity contribution is -0.119. The maximum absolute atomic E-state index is 11.5. The summed E-state index contributed by atoms with van der Waals surface area (Å²) in [6.07, 6.45) is 0. The minimum atomic E-state index is -0.506. The molecule has 1 aromatic carbocycles. The first-order valence-electron chi connectivity index (χ1n) is 6.04. The molecule has 0 spiro atoms. The van der Waals surface area contributed by atoms with Gasteiger partial charge in [-0.05, 0) is 24.1 Å². The third kappa shape index (κ3) is 3.61. The van der Waals surface area contributed by atoms with Crippen LogP contribution in [0.4, 0.5) is 11.4 Å². The summed E-state index contributed by atoms with van der Waals surface area (Å²) in [6, 6.07) is 4.35. The molecule has 6 heteroatoms. The van der Waals surface area contributed by atoms with E-state index >= 15 is 0 Å². The second-order valence-corrected chi connectivity index (χ2v) is 4.65. The Hall–Kier alpha value is -2.24. The van der Waals surface area contributed by atoms with Gasteiger partial charge >= 0.3 is 0 Å². The maximum atomic E-state index is 11.5. The van der Waals surface area contributed by atoms with Crippen LogP contribution < -0.4 is 22.1 Å².